The lowest BCUT2D eigenvalue weighted by Gasteiger charge is -2.26. The van der Waals surface area contributed by atoms with Crippen LogP contribution in [0.4, 0.5) is 10.5 Å². The molecule has 3 rings (SSSR count). The summed E-state index contributed by atoms with van der Waals surface area (Å²) in [6.07, 6.45) is 5.44. The molecule has 0 fully saturated rings. The van der Waals surface area contributed by atoms with E-state index in [9.17, 15) is 9.90 Å². The van der Waals surface area contributed by atoms with E-state index < -0.39 is 12.1 Å². The summed E-state index contributed by atoms with van der Waals surface area (Å²) in [6.45, 7) is 3.20. The van der Waals surface area contributed by atoms with Gasteiger partial charge < -0.3 is 25.2 Å². The second-order valence-electron chi connectivity index (χ2n) is 7.62. The number of carbonyl (C=O) groups excluding carboxylic acids is 1. The summed E-state index contributed by atoms with van der Waals surface area (Å²) >= 11 is 0. The van der Waals surface area contributed by atoms with Crippen molar-refractivity contribution in [1.82, 2.24) is 5.32 Å². The minimum absolute atomic E-state index is 0.323. The van der Waals surface area contributed by atoms with Crippen LogP contribution >= 0.6 is 0 Å². The highest BCUT2D eigenvalue weighted by molar-refractivity contribution is 5.89. The zero-order chi connectivity index (χ0) is 21.2. The smallest absolute Gasteiger partial charge is 0.319 e. The summed E-state index contributed by atoms with van der Waals surface area (Å²) in [5, 5.41) is 16.9. The first-order valence-corrected chi connectivity index (χ1v) is 10.9. The van der Waals surface area contributed by atoms with E-state index in [0.29, 0.717) is 42.4 Å². The number of urea groups is 1. The summed E-state index contributed by atoms with van der Waals surface area (Å²) in [5.41, 5.74) is 1.42. The summed E-state index contributed by atoms with van der Waals surface area (Å²) in [4.78, 5) is 12.5. The first kappa shape index (κ1) is 22.0. The second-order valence-corrected chi connectivity index (χ2v) is 7.62. The van der Waals surface area contributed by atoms with Crippen molar-refractivity contribution in [2.45, 2.75) is 57.6 Å². The van der Waals surface area contributed by atoms with Crippen LogP contribution in [0.25, 0.3) is 0 Å². The number of para-hydroxylation sites is 1. The van der Waals surface area contributed by atoms with Gasteiger partial charge in [0, 0.05) is 5.69 Å². The highest BCUT2D eigenvalue weighted by atomic mass is 16.6. The number of benzene rings is 2. The summed E-state index contributed by atoms with van der Waals surface area (Å²) < 4.78 is 11.2. The Kier molecular flexibility index (Phi) is 8.39. The third-order valence-electron chi connectivity index (χ3n) is 5.26. The number of rotatable bonds is 10. The van der Waals surface area contributed by atoms with Gasteiger partial charge in [-0.25, -0.2) is 4.79 Å². The number of unbranched alkanes of at least 4 members (excludes halogenated alkanes) is 4. The average Bonchev–Trinajstić information content (AvgIpc) is 2.78. The molecule has 162 valence electrons. The van der Waals surface area contributed by atoms with Gasteiger partial charge in [-0.15, -0.1) is 0 Å². The predicted octanol–water partition coefficient (Wildman–Crippen LogP) is 5.04. The normalized spacial score (nSPS) is 14.6. The highest BCUT2D eigenvalue weighted by Gasteiger charge is 2.24. The molecule has 0 aromatic heterocycles. The topological polar surface area (TPSA) is 79.8 Å². The Morgan fingerprint density at radius 1 is 1.00 bits per heavy atom. The van der Waals surface area contributed by atoms with Crippen LogP contribution in [0.3, 0.4) is 0 Å². The van der Waals surface area contributed by atoms with Gasteiger partial charge >= 0.3 is 6.03 Å². The Morgan fingerprint density at radius 3 is 2.50 bits per heavy atom. The number of hydrogen-bond acceptors (Lipinski definition) is 4. The monoisotopic (exact) mass is 412 g/mol. The molecule has 6 nitrogen and oxygen atoms in total. The van der Waals surface area contributed by atoms with Crippen molar-refractivity contribution in [3.05, 3.63) is 54.1 Å². The Hall–Kier alpha value is -2.73. The number of ether oxygens (including phenoxy) is 2. The molecule has 2 aromatic carbocycles. The zero-order valence-corrected chi connectivity index (χ0v) is 17.6. The second kappa shape index (κ2) is 11.5. The Bertz CT molecular complexity index is 797. The van der Waals surface area contributed by atoms with Gasteiger partial charge in [0.2, 0.25) is 0 Å². The number of aliphatic hydroxyl groups is 1. The Labute approximate surface area is 178 Å². The van der Waals surface area contributed by atoms with E-state index in [1.165, 1.54) is 19.3 Å². The van der Waals surface area contributed by atoms with Gasteiger partial charge in [0.15, 0.2) is 11.5 Å². The maximum Gasteiger partial charge on any atom is 0.319 e. The quantitative estimate of drug-likeness (QED) is 0.478. The first-order valence-electron chi connectivity index (χ1n) is 10.9. The zero-order valence-electron chi connectivity index (χ0n) is 17.6. The van der Waals surface area contributed by atoms with Crippen LogP contribution in [-0.2, 0) is 0 Å². The lowest BCUT2D eigenvalue weighted by Crippen LogP contribution is -2.41. The van der Waals surface area contributed by atoms with Gasteiger partial charge in [0.1, 0.15) is 13.2 Å². The van der Waals surface area contributed by atoms with Gasteiger partial charge in [0.25, 0.3) is 0 Å². The third-order valence-corrected chi connectivity index (χ3v) is 5.26. The number of hydrogen-bond donors (Lipinski definition) is 3. The minimum Gasteiger partial charge on any atom is -0.486 e. The van der Waals surface area contributed by atoms with Gasteiger partial charge in [-0.2, -0.15) is 0 Å². The number of fused-ring (bicyclic) bond motifs is 1. The highest BCUT2D eigenvalue weighted by Crippen LogP contribution is 2.34. The molecule has 6 heteroatoms. The molecule has 0 bridgehead atoms. The van der Waals surface area contributed by atoms with Crippen LogP contribution in [0.15, 0.2) is 48.5 Å². The van der Waals surface area contributed by atoms with Crippen LogP contribution in [0.1, 0.15) is 57.1 Å². The molecule has 2 unspecified atom stereocenters. The van der Waals surface area contributed by atoms with Crippen molar-refractivity contribution in [3.63, 3.8) is 0 Å². The molecule has 0 aliphatic carbocycles. The first-order chi connectivity index (χ1) is 14.7. The van der Waals surface area contributed by atoms with Crippen LogP contribution in [0.2, 0.25) is 0 Å². The van der Waals surface area contributed by atoms with Crippen molar-refractivity contribution in [2.24, 2.45) is 0 Å². The summed E-state index contributed by atoms with van der Waals surface area (Å²) in [7, 11) is 0. The minimum atomic E-state index is -0.839. The number of nitrogens with one attached hydrogen (secondary N) is 2. The van der Waals surface area contributed by atoms with Crippen molar-refractivity contribution in [2.75, 3.05) is 18.5 Å². The fraction of sp³-hybridized carbons (Fsp3) is 0.458. The Balaban J connectivity index is 1.66. The molecule has 0 saturated heterocycles. The van der Waals surface area contributed by atoms with Crippen molar-refractivity contribution >= 4 is 11.7 Å². The molecule has 30 heavy (non-hydrogen) atoms. The van der Waals surface area contributed by atoms with Gasteiger partial charge in [0.05, 0.1) is 12.1 Å². The van der Waals surface area contributed by atoms with Crippen LogP contribution in [0, 0.1) is 0 Å². The lowest BCUT2D eigenvalue weighted by molar-refractivity contribution is 0.124. The fourth-order valence-corrected chi connectivity index (χ4v) is 3.61. The molecule has 1 aliphatic rings. The largest absolute Gasteiger partial charge is 0.486 e. The fourth-order valence-electron chi connectivity index (χ4n) is 3.61. The van der Waals surface area contributed by atoms with Crippen LogP contribution < -0.4 is 20.1 Å². The molecule has 2 atom stereocenters. The van der Waals surface area contributed by atoms with Gasteiger partial charge in [-0.05, 0) is 36.2 Å². The molecular formula is C24H32N2O4. The van der Waals surface area contributed by atoms with E-state index >= 15 is 0 Å². The number of aliphatic hydroxyl groups excluding tert-OH is 1. The average molecular weight is 413 g/mol. The maximum atomic E-state index is 12.5. The molecule has 1 aliphatic heterocycles. The molecule has 3 N–H and O–H groups in total. The van der Waals surface area contributed by atoms with E-state index in [-0.39, 0.29) is 6.03 Å². The van der Waals surface area contributed by atoms with Crippen molar-refractivity contribution < 1.29 is 19.4 Å². The molecule has 0 spiro atoms. The molecule has 1 heterocycles. The van der Waals surface area contributed by atoms with Crippen LogP contribution in [-0.4, -0.2) is 30.4 Å². The van der Waals surface area contributed by atoms with Crippen molar-refractivity contribution in [3.8, 4) is 11.5 Å². The third kappa shape index (κ3) is 6.39. The van der Waals surface area contributed by atoms with Crippen LogP contribution in [0.5, 0.6) is 11.5 Å². The standard InChI is InChI=1S/C24H32N2O4/c1-2-3-4-5-9-12-20(26-24(28)25-19-10-7-6-8-11-19)23(27)18-13-14-21-22(17-18)30-16-15-29-21/h6-8,10-11,13-14,17,20,23,27H,2-5,9,12,15-16H2,1H3,(H2,25,26,28). The molecule has 0 saturated carbocycles. The maximum absolute atomic E-state index is 12.5. The van der Waals surface area contributed by atoms with E-state index in [0.717, 1.165) is 12.8 Å². The van der Waals surface area contributed by atoms with E-state index in [1.807, 2.05) is 42.5 Å². The number of anilines is 1. The van der Waals surface area contributed by atoms with E-state index in [4.69, 9.17) is 9.47 Å². The lowest BCUT2D eigenvalue weighted by atomic mass is 9.96. The van der Waals surface area contributed by atoms with Crippen molar-refractivity contribution in [1.29, 1.82) is 0 Å². The number of carbonyl (C=O) groups is 1. The molecule has 0 radical (unpaired) electrons. The molecule has 2 aromatic rings. The van der Waals surface area contributed by atoms with Gasteiger partial charge in [-0.1, -0.05) is 63.3 Å². The summed E-state index contributed by atoms with van der Waals surface area (Å²) in [6, 6.07) is 14.0. The van der Waals surface area contributed by atoms with E-state index in [2.05, 4.69) is 17.6 Å². The molecule has 2 amide bonds. The Morgan fingerprint density at radius 2 is 1.73 bits per heavy atom. The predicted molar refractivity (Wildman–Crippen MR) is 118 cm³/mol. The molecular weight excluding hydrogens is 380 g/mol. The van der Waals surface area contributed by atoms with Gasteiger partial charge in [-0.3, -0.25) is 0 Å². The number of amides is 2. The van der Waals surface area contributed by atoms with E-state index in [1.54, 1.807) is 6.07 Å². The SMILES string of the molecule is CCCCCCCC(NC(=O)Nc1ccccc1)C(O)c1ccc2c(c1)OCCO2. The summed E-state index contributed by atoms with van der Waals surface area (Å²) in [5.74, 6) is 1.32.